The van der Waals surface area contributed by atoms with Crippen molar-refractivity contribution < 1.29 is 17.2 Å². The van der Waals surface area contributed by atoms with Gasteiger partial charge in [0.05, 0.1) is 11.6 Å². The van der Waals surface area contributed by atoms with E-state index in [0.717, 1.165) is 36.9 Å². The van der Waals surface area contributed by atoms with Crippen LogP contribution < -0.4 is 5.32 Å². The van der Waals surface area contributed by atoms with E-state index in [1.807, 2.05) is 4.68 Å². The van der Waals surface area contributed by atoms with Crippen molar-refractivity contribution in [3.05, 3.63) is 48.1 Å². The molecule has 10 heteroatoms. The van der Waals surface area contributed by atoms with E-state index in [1.54, 1.807) is 12.4 Å². The van der Waals surface area contributed by atoms with Crippen LogP contribution in [0.4, 0.5) is 20.4 Å². The summed E-state index contributed by atoms with van der Waals surface area (Å²) < 4.78 is 53.9. The van der Waals surface area contributed by atoms with Gasteiger partial charge in [0.1, 0.15) is 16.5 Å². The number of sulfone groups is 1. The Labute approximate surface area is 172 Å². The van der Waals surface area contributed by atoms with Gasteiger partial charge in [-0.3, -0.25) is 0 Å². The molecule has 30 heavy (non-hydrogen) atoms. The van der Waals surface area contributed by atoms with Crippen molar-refractivity contribution >= 4 is 32.5 Å². The normalized spacial score (nSPS) is 15.4. The highest BCUT2D eigenvalue weighted by molar-refractivity contribution is 7.94. The molecule has 1 aliphatic carbocycles. The van der Waals surface area contributed by atoms with Crippen molar-refractivity contribution in [2.24, 2.45) is 5.92 Å². The fraction of sp³-hybridized carbons (Fsp3) is 0.350. The van der Waals surface area contributed by atoms with Gasteiger partial charge in [-0.15, -0.1) is 0 Å². The molecule has 1 aliphatic rings. The summed E-state index contributed by atoms with van der Waals surface area (Å²) in [6, 6.07) is 1.76. The first kappa shape index (κ1) is 20.4. The van der Waals surface area contributed by atoms with E-state index < -0.39 is 26.4 Å². The fourth-order valence-electron chi connectivity index (χ4n) is 3.79. The number of rotatable bonds is 6. The lowest BCUT2D eigenvalue weighted by atomic mass is 9.89. The minimum absolute atomic E-state index is 0.00860. The van der Waals surface area contributed by atoms with Crippen LogP contribution in [0, 0.1) is 17.6 Å². The number of hydrogen-bond donors (Lipinski definition) is 1. The van der Waals surface area contributed by atoms with Gasteiger partial charge in [-0.25, -0.2) is 26.9 Å². The van der Waals surface area contributed by atoms with Crippen molar-refractivity contribution in [3.8, 4) is 0 Å². The van der Waals surface area contributed by atoms with Crippen molar-refractivity contribution in [1.29, 1.82) is 0 Å². The summed E-state index contributed by atoms with van der Waals surface area (Å²) in [6.07, 6.45) is 9.31. The van der Waals surface area contributed by atoms with Gasteiger partial charge in [0, 0.05) is 23.8 Å². The third-order valence-corrected chi connectivity index (χ3v) is 6.69. The highest BCUT2D eigenvalue weighted by Gasteiger charge is 2.22. The van der Waals surface area contributed by atoms with E-state index in [4.69, 9.17) is 0 Å². The molecule has 0 saturated heterocycles. The molecular formula is C20H21F2N5O2S. The Morgan fingerprint density at radius 1 is 1.17 bits per heavy atom. The second-order valence-corrected chi connectivity index (χ2v) is 9.24. The molecule has 0 aliphatic heterocycles. The Kier molecular flexibility index (Phi) is 5.50. The van der Waals surface area contributed by atoms with E-state index in [9.17, 15) is 17.2 Å². The second-order valence-electron chi connectivity index (χ2n) is 7.41. The number of hydrogen-bond acceptors (Lipinski definition) is 6. The summed E-state index contributed by atoms with van der Waals surface area (Å²) in [4.78, 5) is 7.56. The molecule has 3 aromatic rings. The van der Waals surface area contributed by atoms with Crippen LogP contribution >= 0.6 is 0 Å². The molecule has 7 nitrogen and oxygen atoms in total. The Balaban J connectivity index is 1.61. The molecule has 1 saturated carbocycles. The lowest BCUT2D eigenvalue weighted by Gasteiger charge is -2.21. The molecule has 0 atom stereocenters. The zero-order chi connectivity index (χ0) is 21.3. The number of benzene rings is 1. The summed E-state index contributed by atoms with van der Waals surface area (Å²) >= 11 is 0. The summed E-state index contributed by atoms with van der Waals surface area (Å²) in [7, 11) is -4.25. The summed E-state index contributed by atoms with van der Waals surface area (Å²) in [5.41, 5.74) is 0.621. The number of halogens is 2. The number of anilines is 2. The van der Waals surface area contributed by atoms with Gasteiger partial charge in [-0.1, -0.05) is 25.8 Å². The molecular weight excluding hydrogens is 412 g/mol. The molecule has 2 heterocycles. The largest absolute Gasteiger partial charge is 0.324 e. The van der Waals surface area contributed by atoms with Gasteiger partial charge in [0.2, 0.25) is 15.8 Å². The molecule has 158 valence electrons. The predicted octanol–water partition coefficient (Wildman–Crippen LogP) is 4.35. The first-order valence-electron chi connectivity index (χ1n) is 9.69. The van der Waals surface area contributed by atoms with Gasteiger partial charge in [0.15, 0.2) is 5.65 Å². The van der Waals surface area contributed by atoms with Crippen LogP contribution in [0.5, 0.6) is 0 Å². The molecule has 0 bridgehead atoms. The van der Waals surface area contributed by atoms with Crippen molar-refractivity contribution in [2.75, 3.05) is 5.32 Å². The first-order valence-corrected chi connectivity index (χ1v) is 11.2. The van der Waals surface area contributed by atoms with Crippen LogP contribution in [-0.2, 0) is 16.4 Å². The molecule has 4 rings (SSSR count). The SMILES string of the molecule is C=CS(=O)(=O)c1c(F)cc(Nc2ncc3cnn(CC4CCCCC4)c3n2)cc1F. The van der Waals surface area contributed by atoms with Gasteiger partial charge in [0.25, 0.3) is 0 Å². The highest BCUT2D eigenvalue weighted by Crippen LogP contribution is 2.28. The standard InChI is InChI=1S/C20H21F2N5O2S/c1-2-30(28,29)18-16(21)8-15(9-17(18)22)25-20-23-10-14-11-24-27(19(14)26-20)12-13-6-4-3-5-7-13/h2,8-11,13H,1,3-7,12H2,(H,23,25,26). The molecule has 0 unspecified atom stereocenters. The van der Waals surface area contributed by atoms with E-state index in [0.29, 0.717) is 17.0 Å². The Morgan fingerprint density at radius 3 is 2.53 bits per heavy atom. The molecule has 2 aromatic heterocycles. The maximum atomic E-state index is 14.3. The van der Waals surface area contributed by atoms with Crippen LogP contribution in [0.15, 0.2) is 41.4 Å². The van der Waals surface area contributed by atoms with E-state index in [2.05, 4.69) is 27.0 Å². The van der Waals surface area contributed by atoms with Crippen LogP contribution in [0.2, 0.25) is 0 Å². The van der Waals surface area contributed by atoms with E-state index in [1.165, 1.54) is 19.3 Å². The average molecular weight is 433 g/mol. The number of nitrogens with zero attached hydrogens (tertiary/aromatic N) is 4. The smallest absolute Gasteiger partial charge is 0.229 e. The molecule has 0 amide bonds. The monoisotopic (exact) mass is 433 g/mol. The van der Waals surface area contributed by atoms with Crippen LogP contribution in [0.3, 0.4) is 0 Å². The minimum Gasteiger partial charge on any atom is -0.324 e. The third kappa shape index (κ3) is 4.04. The maximum absolute atomic E-state index is 14.3. The number of nitrogens with one attached hydrogen (secondary N) is 1. The van der Waals surface area contributed by atoms with Crippen molar-refractivity contribution in [2.45, 2.75) is 43.5 Å². The van der Waals surface area contributed by atoms with Crippen LogP contribution in [-0.4, -0.2) is 28.2 Å². The molecule has 1 fully saturated rings. The zero-order valence-corrected chi connectivity index (χ0v) is 17.0. The third-order valence-electron chi connectivity index (χ3n) is 5.29. The highest BCUT2D eigenvalue weighted by atomic mass is 32.2. The molecule has 1 aromatic carbocycles. The Bertz CT molecular complexity index is 1180. The molecule has 1 N–H and O–H groups in total. The van der Waals surface area contributed by atoms with Gasteiger partial charge in [-0.05, 0) is 30.9 Å². The zero-order valence-electron chi connectivity index (χ0n) is 16.2. The average Bonchev–Trinajstić information content (AvgIpc) is 3.10. The number of fused-ring (bicyclic) bond motifs is 1. The first-order chi connectivity index (χ1) is 14.4. The van der Waals surface area contributed by atoms with E-state index >= 15 is 0 Å². The second kappa shape index (κ2) is 8.10. The quantitative estimate of drug-likeness (QED) is 0.622. The predicted molar refractivity (Wildman–Crippen MR) is 109 cm³/mol. The molecule has 0 spiro atoms. The van der Waals surface area contributed by atoms with Gasteiger partial charge >= 0.3 is 0 Å². The van der Waals surface area contributed by atoms with Crippen LogP contribution in [0.25, 0.3) is 11.0 Å². The number of aromatic nitrogens is 4. The van der Waals surface area contributed by atoms with Gasteiger partial charge in [-0.2, -0.15) is 10.1 Å². The lowest BCUT2D eigenvalue weighted by molar-refractivity contribution is 0.311. The summed E-state index contributed by atoms with van der Waals surface area (Å²) in [5, 5.41) is 8.41. The van der Waals surface area contributed by atoms with Crippen LogP contribution in [0.1, 0.15) is 32.1 Å². The summed E-state index contributed by atoms with van der Waals surface area (Å²) in [5.74, 6) is -1.76. The Hall–Kier alpha value is -2.88. The minimum atomic E-state index is -4.25. The summed E-state index contributed by atoms with van der Waals surface area (Å²) in [6.45, 7) is 3.85. The van der Waals surface area contributed by atoms with Gasteiger partial charge < -0.3 is 5.32 Å². The van der Waals surface area contributed by atoms with E-state index in [-0.39, 0.29) is 11.6 Å². The maximum Gasteiger partial charge on any atom is 0.229 e. The van der Waals surface area contributed by atoms with Crippen molar-refractivity contribution in [1.82, 2.24) is 19.7 Å². The Morgan fingerprint density at radius 2 is 1.87 bits per heavy atom. The molecule has 0 radical (unpaired) electrons. The van der Waals surface area contributed by atoms with Crippen molar-refractivity contribution in [3.63, 3.8) is 0 Å². The fourth-order valence-corrected chi connectivity index (χ4v) is 4.62. The lowest BCUT2D eigenvalue weighted by Crippen LogP contribution is -2.15. The topological polar surface area (TPSA) is 89.8 Å².